The van der Waals surface area contributed by atoms with Gasteiger partial charge in [0.15, 0.2) is 0 Å². The Bertz CT molecular complexity index is 1090. The molecule has 0 radical (unpaired) electrons. The molecule has 3 aromatic rings. The summed E-state index contributed by atoms with van der Waals surface area (Å²) >= 11 is 12.0. The van der Waals surface area contributed by atoms with Crippen LogP contribution >= 0.6 is 23.2 Å². The molecule has 6 nitrogen and oxygen atoms in total. The number of rotatable bonds is 6. The summed E-state index contributed by atoms with van der Waals surface area (Å²) in [5, 5.41) is 11.8. The summed E-state index contributed by atoms with van der Waals surface area (Å²) in [6.45, 7) is 7.20. The summed E-state index contributed by atoms with van der Waals surface area (Å²) in [5.74, 6) is 0. The minimum Gasteiger partial charge on any atom is -0.383 e. The van der Waals surface area contributed by atoms with Crippen molar-refractivity contribution in [1.29, 1.82) is 0 Å². The monoisotopic (exact) mass is 440 g/mol. The minimum atomic E-state index is -3.77. The van der Waals surface area contributed by atoms with E-state index in [0.717, 1.165) is 13.0 Å². The lowest BCUT2D eigenvalue weighted by atomic mass is 9.92. The van der Waals surface area contributed by atoms with Gasteiger partial charge in [-0.3, -0.25) is 9.82 Å². The molecule has 1 heterocycles. The topological polar surface area (TPSA) is 86.9 Å². The first-order valence-electron chi connectivity index (χ1n) is 8.75. The average Bonchev–Trinajstić information content (AvgIpc) is 2.95. The van der Waals surface area contributed by atoms with E-state index in [1.165, 1.54) is 24.3 Å². The fourth-order valence-corrected chi connectivity index (χ4v) is 4.03. The quantitative estimate of drug-likeness (QED) is 0.470. The molecule has 0 aliphatic heterocycles. The van der Waals surface area contributed by atoms with E-state index in [1.807, 2.05) is 0 Å². The van der Waals surface area contributed by atoms with Crippen LogP contribution in [0.4, 0.5) is 11.4 Å². The number of sulfonamides is 1. The molecular weight excluding hydrogens is 419 g/mol. The van der Waals surface area contributed by atoms with Gasteiger partial charge in [-0.1, -0.05) is 44.0 Å². The Kier molecular flexibility index (Phi) is 5.79. The highest BCUT2D eigenvalue weighted by molar-refractivity contribution is 7.92. The van der Waals surface area contributed by atoms with Crippen molar-refractivity contribution in [3.05, 3.63) is 46.6 Å². The van der Waals surface area contributed by atoms with Gasteiger partial charge in [-0.15, -0.1) is 0 Å². The molecule has 0 spiro atoms. The fraction of sp³-hybridized carbons (Fsp3) is 0.316. The van der Waals surface area contributed by atoms with Crippen LogP contribution in [0.25, 0.3) is 10.9 Å². The highest BCUT2D eigenvalue weighted by Crippen LogP contribution is 2.32. The third-order valence-corrected chi connectivity index (χ3v) is 6.12. The van der Waals surface area contributed by atoms with Crippen molar-refractivity contribution in [2.45, 2.75) is 32.1 Å². The van der Waals surface area contributed by atoms with Crippen LogP contribution in [0.1, 0.15) is 27.2 Å². The number of nitrogens with one attached hydrogen (secondary N) is 3. The molecule has 2 aromatic carbocycles. The van der Waals surface area contributed by atoms with Gasteiger partial charge in [0.2, 0.25) is 0 Å². The molecule has 0 aliphatic rings. The van der Waals surface area contributed by atoms with Crippen LogP contribution in [0.3, 0.4) is 0 Å². The number of fused-ring (bicyclic) bond motifs is 1. The SMILES string of the molecule is CC(C)(C)CCNc1cc(NS(=O)(=O)c2ccc(Cl)cc2)cc2c(Cl)[nH]nc12. The van der Waals surface area contributed by atoms with E-state index in [1.54, 1.807) is 12.1 Å². The number of aromatic nitrogens is 2. The average molecular weight is 441 g/mol. The molecule has 150 valence electrons. The van der Waals surface area contributed by atoms with Gasteiger partial charge in [0.25, 0.3) is 10.0 Å². The molecule has 9 heteroatoms. The fourth-order valence-electron chi connectivity index (χ4n) is 2.68. The minimum absolute atomic E-state index is 0.123. The maximum absolute atomic E-state index is 12.7. The van der Waals surface area contributed by atoms with Gasteiger partial charge in [0.1, 0.15) is 10.7 Å². The second-order valence-electron chi connectivity index (χ2n) is 7.75. The molecule has 0 saturated carbocycles. The Morgan fingerprint density at radius 1 is 1.11 bits per heavy atom. The number of benzene rings is 2. The molecule has 0 atom stereocenters. The maximum Gasteiger partial charge on any atom is 0.261 e. The molecule has 0 bridgehead atoms. The van der Waals surface area contributed by atoms with Crippen LogP contribution in [0.2, 0.25) is 10.2 Å². The number of hydrogen-bond acceptors (Lipinski definition) is 4. The van der Waals surface area contributed by atoms with Gasteiger partial charge in [-0.25, -0.2) is 8.42 Å². The zero-order valence-corrected chi connectivity index (χ0v) is 18.1. The van der Waals surface area contributed by atoms with Gasteiger partial charge in [-0.2, -0.15) is 5.10 Å². The van der Waals surface area contributed by atoms with Gasteiger partial charge in [0.05, 0.1) is 16.3 Å². The molecule has 3 rings (SSSR count). The zero-order chi connectivity index (χ0) is 20.5. The van der Waals surface area contributed by atoms with Crippen molar-refractivity contribution in [3.8, 4) is 0 Å². The van der Waals surface area contributed by atoms with Crippen LogP contribution in [0.5, 0.6) is 0 Å². The molecule has 0 unspecified atom stereocenters. The first-order chi connectivity index (χ1) is 13.0. The molecular formula is C19H22Cl2N4O2S. The lowest BCUT2D eigenvalue weighted by Crippen LogP contribution is -2.14. The number of halogens is 2. The summed E-state index contributed by atoms with van der Waals surface area (Å²) in [6, 6.07) is 9.35. The number of nitrogens with zero attached hydrogens (tertiary/aromatic N) is 1. The lowest BCUT2D eigenvalue weighted by molar-refractivity contribution is 0.390. The van der Waals surface area contributed by atoms with Crippen molar-refractivity contribution in [2.75, 3.05) is 16.6 Å². The Hall–Kier alpha value is -1.96. The van der Waals surface area contributed by atoms with Gasteiger partial charge in [-0.05, 0) is 48.2 Å². The highest BCUT2D eigenvalue weighted by Gasteiger charge is 2.17. The lowest BCUT2D eigenvalue weighted by Gasteiger charge is -2.19. The number of aromatic amines is 1. The van der Waals surface area contributed by atoms with E-state index >= 15 is 0 Å². The normalized spacial score (nSPS) is 12.3. The smallest absolute Gasteiger partial charge is 0.261 e. The van der Waals surface area contributed by atoms with E-state index in [0.29, 0.717) is 32.5 Å². The summed E-state index contributed by atoms with van der Waals surface area (Å²) in [5.41, 5.74) is 1.93. The third-order valence-electron chi connectivity index (χ3n) is 4.18. The number of H-pyrrole nitrogens is 1. The Morgan fingerprint density at radius 2 is 1.79 bits per heavy atom. The molecule has 1 aromatic heterocycles. The van der Waals surface area contributed by atoms with Gasteiger partial charge >= 0.3 is 0 Å². The molecule has 28 heavy (non-hydrogen) atoms. The van der Waals surface area contributed by atoms with E-state index in [9.17, 15) is 8.42 Å². The summed E-state index contributed by atoms with van der Waals surface area (Å²) in [6.07, 6.45) is 0.938. The van der Waals surface area contributed by atoms with E-state index in [2.05, 4.69) is 41.0 Å². The summed E-state index contributed by atoms with van der Waals surface area (Å²) in [4.78, 5) is 0.123. The van der Waals surface area contributed by atoms with Crippen molar-refractivity contribution < 1.29 is 8.42 Å². The van der Waals surface area contributed by atoms with Gasteiger partial charge in [0, 0.05) is 17.0 Å². The Morgan fingerprint density at radius 3 is 2.43 bits per heavy atom. The number of anilines is 2. The van der Waals surface area contributed by atoms with Crippen LogP contribution in [0.15, 0.2) is 41.3 Å². The summed E-state index contributed by atoms with van der Waals surface area (Å²) < 4.78 is 28.0. The second-order valence-corrected chi connectivity index (χ2v) is 10.3. The van der Waals surface area contributed by atoms with Gasteiger partial charge < -0.3 is 5.32 Å². The van der Waals surface area contributed by atoms with Crippen LogP contribution in [-0.2, 0) is 10.0 Å². The predicted molar refractivity (Wildman–Crippen MR) is 116 cm³/mol. The van der Waals surface area contributed by atoms with E-state index in [4.69, 9.17) is 23.2 Å². The Labute approximate surface area is 174 Å². The Balaban J connectivity index is 1.92. The zero-order valence-electron chi connectivity index (χ0n) is 15.8. The predicted octanol–water partition coefficient (Wildman–Crippen LogP) is 5.52. The summed E-state index contributed by atoms with van der Waals surface area (Å²) in [7, 11) is -3.77. The van der Waals surface area contributed by atoms with Crippen molar-refractivity contribution in [1.82, 2.24) is 10.2 Å². The molecule has 3 N–H and O–H groups in total. The largest absolute Gasteiger partial charge is 0.383 e. The molecule has 0 amide bonds. The van der Waals surface area contributed by atoms with Crippen LogP contribution in [-0.4, -0.2) is 25.2 Å². The van der Waals surface area contributed by atoms with Crippen molar-refractivity contribution >= 4 is 55.5 Å². The standard InChI is InChI=1S/C19H22Cl2N4O2S/c1-19(2,3)8-9-22-16-11-13(10-15-17(16)23-24-18(15)21)25-28(26,27)14-6-4-12(20)5-7-14/h4-7,10-11,22,25H,8-9H2,1-3H3,(H,23,24). The molecule has 0 saturated heterocycles. The molecule has 0 aliphatic carbocycles. The number of hydrogen-bond donors (Lipinski definition) is 3. The maximum atomic E-state index is 12.7. The first-order valence-corrected chi connectivity index (χ1v) is 11.0. The molecule has 0 fully saturated rings. The first kappa shape index (κ1) is 20.8. The second kappa shape index (κ2) is 7.81. The highest BCUT2D eigenvalue weighted by atomic mass is 35.5. The van der Waals surface area contributed by atoms with Crippen molar-refractivity contribution in [3.63, 3.8) is 0 Å². The van der Waals surface area contributed by atoms with E-state index < -0.39 is 10.0 Å². The third kappa shape index (κ3) is 4.90. The van der Waals surface area contributed by atoms with Crippen LogP contribution < -0.4 is 10.0 Å². The van der Waals surface area contributed by atoms with Crippen LogP contribution in [0, 0.1) is 5.41 Å². The van der Waals surface area contributed by atoms with Crippen molar-refractivity contribution in [2.24, 2.45) is 5.41 Å². The van der Waals surface area contributed by atoms with E-state index in [-0.39, 0.29) is 10.3 Å².